The molecule has 3 aromatic carbocycles. The van der Waals surface area contributed by atoms with Gasteiger partial charge in [0.15, 0.2) is 5.75 Å². The first-order chi connectivity index (χ1) is 16.8. The quantitative estimate of drug-likeness (QED) is 0.220. The van der Waals surface area contributed by atoms with Crippen molar-refractivity contribution >= 4 is 22.2 Å². The summed E-state index contributed by atoms with van der Waals surface area (Å²) >= 11 is 0. The molecule has 0 aromatic heterocycles. The van der Waals surface area contributed by atoms with Crippen LogP contribution in [0.1, 0.15) is 54.4 Å². The highest BCUT2D eigenvalue weighted by Gasteiger charge is 2.22. The van der Waals surface area contributed by atoms with E-state index in [4.69, 9.17) is 10.6 Å². The Labute approximate surface area is 206 Å². The van der Waals surface area contributed by atoms with Crippen LogP contribution in [0, 0.1) is 5.92 Å². The van der Waals surface area contributed by atoms with Crippen LogP contribution in [0.3, 0.4) is 0 Å². The highest BCUT2D eigenvalue weighted by atomic mass is 16.6. The van der Waals surface area contributed by atoms with E-state index in [2.05, 4.69) is 47.7 Å². The van der Waals surface area contributed by atoms with Crippen LogP contribution in [0.4, 0.5) is 5.69 Å². The predicted octanol–water partition coefficient (Wildman–Crippen LogP) is 8.73. The summed E-state index contributed by atoms with van der Waals surface area (Å²) in [5.41, 5.74) is 11.6. The molecule has 3 heteroatoms. The fourth-order valence-electron chi connectivity index (χ4n) is 4.34. The van der Waals surface area contributed by atoms with Gasteiger partial charge in [-0.25, -0.2) is 0 Å². The van der Waals surface area contributed by atoms with Crippen molar-refractivity contribution in [1.29, 1.82) is 0 Å². The zero-order valence-electron chi connectivity index (χ0n) is 20.2. The first-order valence-corrected chi connectivity index (χ1v) is 12.4. The van der Waals surface area contributed by atoms with Gasteiger partial charge in [-0.15, -0.1) is 0 Å². The highest BCUT2D eigenvalue weighted by molar-refractivity contribution is 6.05. The van der Waals surface area contributed by atoms with Gasteiger partial charge in [-0.3, -0.25) is 0 Å². The third-order valence-electron chi connectivity index (χ3n) is 6.43. The second kappa shape index (κ2) is 11.5. The monoisotopic (exact) mass is 454 g/mol. The van der Waals surface area contributed by atoms with Crippen LogP contribution in [0.15, 0.2) is 107 Å². The van der Waals surface area contributed by atoms with Gasteiger partial charge in [0.1, 0.15) is 0 Å². The molecule has 0 saturated heterocycles. The summed E-state index contributed by atoms with van der Waals surface area (Å²) in [6.45, 7) is 4.00. The predicted molar refractivity (Wildman–Crippen MR) is 149 cm³/mol. The van der Waals surface area contributed by atoms with Crippen molar-refractivity contribution in [2.75, 3.05) is 5.73 Å². The Bertz CT molecular complexity index is 1260. The average molecular weight is 455 g/mol. The van der Waals surface area contributed by atoms with Gasteiger partial charge in [0.2, 0.25) is 0 Å². The van der Waals surface area contributed by atoms with Gasteiger partial charge >= 0.3 is 0 Å². The van der Waals surface area contributed by atoms with E-state index in [0.29, 0.717) is 17.9 Å². The van der Waals surface area contributed by atoms with Crippen LogP contribution in [0.5, 0.6) is 5.75 Å². The fraction of sp³-hybridized carbons (Fsp3) is 0.258. The number of anilines is 1. The second-order valence-corrected chi connectivity index (χ2v) is 8.59. The molecule has 0 aliphatic heterocycles. The molecule has 0 unspecified atom stereocenters. The van der Waals surface area contributed by atoms with Crippen molar-refractivity contribution in [1.82, 2.24) is 0 Å². The number of nitrogens with zero attached hydrogens (tertiary/aromatic N) is 1. The van der Waals surface area contributed by atoms with E-state index in [1.807, 2.05) is 62.4 Å². The fourth-order valence-corrected chi connectivity index (χ4v) is 4.34. The Hall–Kier alpha value is -3.59. The number of oxime groups is 1. The van der Waals surface area contributed by atoms with Crippen molar-refractivity contribution in [3.8, 4) is 5.75 Å². The zero-order valence-corrected chi connectivity index (χ0v) is 20.2. The molecule has 5 rings (SSSR count). The second-order valence-electron chi connectivity index (χ2n) is 8.59. The van der Waals surface area contributed by atoms with Gasteiger partial charge in [-0.2, -0.15) is 0 Å². The number of hydrogen-bond donors (Lipinski definition) is 1. The van der Waals surface area contributed by atoms with E-state index in [-0.39, 0.29) is 2.85 Å². The van der Waals surface area contributed by atoms with Crippen LogP contribution in [-0.4, -0.2) is 5.71 Å². The van der Waals surface area contributed by atoms with Gasteiger partial charge in [0, 0.05) is 20.5 Å². The Balaban J connectivity index is 0.00000111. The van der Waals surface area contributed by atoms with Crippen LogP contribution >= 0.6 is 0 Å². The lowest BCUT2D eigenvalue weighted by molar-refractivity contribution is 0.341. The molecular weight excluding hydrogens is 416 g/mol. The minimum Gasteiger partial charge on any atom is -0.398 e. The first-order valence-electron chi connectivity index (χ1n) is 12.4. The number of nitrogen functional groups attached to an aromatic ring is 1. The molecule has 1 fully saturated rings. The molecule has 2 aliphatic carbocycles. The number of fused-ring (bicyclic) bond motifs is 1. The third-order valence-corrected chi connectivity index (χ3v) is 6.43. The summed E-state index contributed by atoms with van der Waals surface area (Å²) in [5, 5.41) is 6.82. The molecule has 3 aromatic rings. The summed E-state index contributed by atoms with van der Waals surface area (Å²) in [6.07, 6.45) is 14.9. The van der Waals surface area contributed by atoms with Crippen molar-refractivity contribution in [3.05, 3.63) is 108 Å². The van der Waals surface area contributed by atoms with E-state index >= 15 is 0 Å². The Morgan fingerprint density at radius 1 is 1.03 bits per heavy atom. The summed E-state index contributed by atoms with van der Waals surface area (Å²) < 4.78 is 0. The van der Waals surface area contributed by atoms with E-state index in [0.717, 1.165) is 29.0 Å². The minimum absolute atomic E-state index is 0. The largest absolute Gasteiger partial charge is 0.398 e. The number of benzene rings is 3. The van der Waals surface area contributed by atoms with Gasteiger partial charge < -0.3 is 10.6 Å². The van der Waals surface area contributed by atoms with E-state index in [9.17, 15) is 0 Å². The summed E-state index contributed by atoms with van der Waals surface area (Å²) in [4.78, 5) is 5.85. The Morgan fingerprint density at radius 3 is 2.56 bits per heavy atom. The third kappa shape index (κ3) is 5.66. The summed E-state index contributed by atoms with van der Waals surface area (Å²) in [7, 11) is 0. The number of nitrogens with two attached hydrogens (primary N) is 1. The van der Waals surface area contributed by atoms with Crippen LogP contribution in [0.25, 0.3) is 10.8 Å². The molecule has 2 aliphatic rings. The molecule has 0 amide bonds. The molecule has 0 heterocycles. The number of hydrogen-bond acceptors (Lipinski definition) is 3. The number of rotatable bonds is 7. The molecular formula is C31H38N2O. The average Bonchev–Trinajstić information content (AvgIpc) is 3.30. The van der Waals surface area contributed by atoms with Crippen molar-refractivity contribution in [2.24, 2.45) is 11.1 Å². The molecule has 0 spiro atoms. The topological polar surface area (TPSA) is 47.6 Å². The maximum atomic E-state index is 6.25. The van der Waals surface area contributed by atoms with Gasteiger partial charge in [-0.05, 0) is 59.7 Å². The van der Waals surface area contributed by atoms with Crippen molar-refractivity contribution < 1.29 is 7.69 Å². The molecule has 2 N–H and O–H groups in total. The molecule has 0 bridgehead atoms. The number of para-hydroxylation sites is 1. The molecule has 178 valence electrons. The Kier molecular flexibility index (Phi) is 7.98. The van der Waals surface area contributed by atoms with Gasteiger partial charge in [0.05, 0.1) is 5.71 Å². The lowest BCUT2D eigenvalue weighted by Crippen LogP contribution is -2.12. The maximum Gasteiger partial charge on any atom is 0.158 e. The lowest BCUT2D eigenvalue weighted by Gasteiger charge is -2.26. The molecule has 0 radical (unpaired) electrons. The first kappa shape index (κ1) is 23.6. The highest BCUT2D eigenvalue weighted by Crippen LogP contribution is 2.38. The zero-order chi connectivity index (χ0) is 23.8. The van der Waals surface area contributed by atoms with Gasteiger partial charge in [-0.1, -0.05) is 104 Å². The van der Waals surface area contributed by atoms with Crippen LogP contribution in [0.2, 0.25) is 0 Å². The maximum absolute atomic E-state index is 6.25. The molecule has 3 nitrogen and oxygen atoms in total. The number of allylic oxidation sites excluding steroid dienone is 6. The molecule has 34 heavy (non-hydrogen) atoms. The van der Waals surface area contributed by atoms with E-state index in [1.54, 1.807) is 5.57 Å². The normalized spacial score (nSPS) is 16.0. The lowest BCUT2D eigenvalue weighted by atomic mass is 9.79. The van der Waals surface area contributed by atoms with E-state index in [1.165, 1.54) is 30.2 Å². The molecule has 1 saturated carbocycles. The molecule has 0 atom stereocenters. The van der Waals surface area contributed by atoms with E-state index < -0.39 is 0 Å². The van der Waals surface area contributed by atoms with Gasteiger partial charge in [0.25, 0.3) is 0 Å². The summed E-state index contributed by atoms with van der Waals surface area (Å²) in [6, 6.07) is 22.0. The van der Waals surface area contributed by atoms with Crippen LogP contribution in [-0.2, 0) is 0 Å². The van der Waals surface area contributed by atoms with Crippen molar-refractivity contribution in [2.45, 2.75) is 46.0 Å². The minimum atomic E-state index is 0. The van der Waals surface area contributed by atoms with Crippen molar-refractivity contribution in [3.63, 3.8) is 0 Å². The SMILES string of the molecule is CC.Nc1ccccc1/C(C/C=C\C1=CCC(C2CCC2)=C1)=N\Oc1ccc2ccccc2c1.[HH].[HH]. The Morgan fingerprint density at radius 2 is 1.79 bits per heavy atom. The smallest absolute Gasteiger partial charge is 0.158 e. The summed E-state index contributed by atoms with van der Waals surface area (Å²) in [5.74, 6) is 1.53. The van der Waals surface area contributed by atoms with Crippen LogP contribution < -0.4 is 10.6 Å². The standard InChI is InChI=1S/C29H28N2O.C2H6.2H2/c30-28-13-4-3-12-27(28)29(14-5-7-21-15-16-25(19-21)22-10-6-11-22)31-32-26-18-17-23-8-1-2-9-24(23)20-26;1-2;;/h1-5,7-9,12-13,15,17-20,22H,6,10-11,14,16,30H2;1-2H3;2*1H/b7-5-,31-29-;;;.